The van der Waals surface area contributed by atoms with Crippen molar-refractivity contribution in [1.82, 2.24) is 0 Å². The Labute approximate surface area is 81.9 Å². The lowest BCUT2D eigenvalue weighted by atomic mass is 10.4. The Balaban J connectivity index is 3.88. The van der Waals surface area contributed by atoms with Crippen LogP contribution in [0.3, 0.4) is 0 Å². The molecule has 0 rings (SSSR count). The maximum absolute atomic E-state index is 5.45. The quantitative estimate of drug-likeness (QED) is 0.468. The molecule has 0 heterocycles. The van der Waals surface area contributed by atoms with Gasteiger partial charge in [-0.2, -0.15) is 0 Å². The monoisotopic (exact) mass is 204 g/mol. The summed E-state index contributed by atoms with van der Waals surface area (Å²) < 4.78 is 16.2. The van der Waals surface area contributed by atoms with Crippen molar-refractivity contribution < 1.29 is 13.6 Å². The molecule has 0 bridgehead atoms. The van der Waals surface area contributed by atoms with Crippen LogP contribution in [0.4, 0.5) is 0 Å². The molecule has 0 aliphatic rings. The van der Waals surface area contributed by atoms with E-state index in [2.05, 4.69) is 13.5 Å². The summed E-state index contributed by atoms with van der Waals surface area (Å²) in [5.74, 6) is 0. The molecule has 0 saturated carbocycles. The van der Waals surface area contributed by atoms with E-state index in [-0.39, 0.29) is 0 Å². The van der Waals surface area contributed by atoms with E-state index < -0.39 is 8.56 Å². The third-order valence-electron chi connectivity index (χ3n) is 1.95. The van der Waals surface area contributed by atoms with Gasteiger partial charge in [-0.05, 0) is 13.0 Å². The number of hydrogen-bond acceptors (Lipinski definition) is 3. The zero-order chi connectivity index (χ0) is 10.3. The van der Waals surface area contributed by atoms with Crippen molar-refractivity contribution in [2.45, 2.75) is 19.9 Å². The number of rotatable bonds is 7. The standard InChI is InChI=1S/C9H20O3Si/c1-6-13(10-4,11-5)8-12-7-9(2)3/h2,6-8H2,1,3-5H3. The molecule has 0 aliphatic heterocycles. The minimum Gasteiger partial charge on any atom is -0.396 e. The minimum absolute atomic E-state index is 0.573. The van der Waals surface area contributed by atoms with Crippen molar-refractivity contribution in [2.75, 3.05) is 27.1 Å². The van der Waals surface area contributed by atoms with Crippen LogP contribution in [0, 0.1) is 0 Å². The molecular weight excluding hydrogens is 184 g/mol. The van der Waals surface area contributed by atoms with E-state index >= 15 is 0 Å². The first-order valence-corrected chi connectivity index (χ1v) is 6.65. The van der Waals surface area contributed by atoms with E-state index in [0.29, 0.717) is 12.8 Å². The molecule has 0 unspecified atom stereocenters. The minimum atomic E-state index is -2.05. The van der Waals surface area contributed by atoms with Crippen LogP contribution in [0.15, 0.2) is 12.2 Å². The van der Waals surface area contributed by atoms with Gasteiger partial charge in [0.15, 0.2) is 0 Å². The Morgan fingerprint density at radius 3 is 2.15 bits per heavy atom. The van der Waals surface area contributed by atoms with E-state index in [1.54, 1.807) is 14.2 Å². The molecule has 13 heavy (non-hydrogen) atoms. The Morgan fingerprint density at radius 1 is 1.31 bits per heavy atom. The lowest BCUT2D eigenvalue weighted by Gasteiger charge is -2.25. The molecule has 0 amide bonds. The lowest BCUT2D eigenvalue weighted by Crippen LogP contribution is -2.45. The van der Waals surface area contributed by atoms with Gasteiger partial charge in [0.1, 0.15) is 0 Å². The van der Waals surface area contributed by atoms with Crippen molar-refractivity contribution in [3.05, 3.63) is 12.2 Å². The predicted molar refractivity (Wildman–Crippen MR) is 55.9 cm³/mol. The summed E-state index contributed by atoms with van der Waals surface area (Å²) in [6.07, 6.45) is 0.573. The highest BCUT2D eigenvalue weighted by atomic mass is 28.4. The third kappa shape index (κ3) is 4.57. The zero-order valence-electron chi connectivity index (χ0n) is 9.05. The van der Waals surface area contributed by atoms with Crippen LogP contribution in [0.1, 0.15) is 13.8 Å². The van der Waals surface area contributed by atoms with Crippen LogP contribution in [-0.2, 0) is 13.6 Å². The Kier molecular flexibility index (Phi) is 6.24. The van der Waals surface area contributed by atoms with Crippen LogP contribution in [0.2, 0.25) is 6.04 Å². The molecule has 78 valence electrons. The van der Waals surface area contributed by atoms with Crippen LogP contribution in [-0.4, -0.2) is 35.6 Å². The predicted octanol–water partition coefficient (Wildman–Crippen LogP) is 1.87. The van der Waals surface area contributed by atoms with Crippen molar-refractivity contribution >= 4 is 8.56 Å². The average Bonchev–Trinajstić information content (AvgIpc) is 2.13. The first-order chi connectivity index (χ1) is 6.10. The molecule has 0 aliphatic carbocycles. The summed E-state index contributed by atoms with van der Waals surface area (Å²) in [6, 6.07) is 0.899. The smallest absolute Gasteiger partial charge is 0.364 e. The molecule has 3 nitrogen and oxygen atoms in total. The fourth-order valence-corrected chi connectivity index (χ4v) is 2.57. The van der Waals surface area contributed by atoms with Gasteiger partial charge in [-0.3, -0.25) is 0 Å². The zero-order valence-corrected chi connectivity index (χ0v) is 10.1. The molecule has 0 fully saturated rings. The Morgan fingerprint density at radius 2 is 1.85 bits per heavy atom. The number of ether oxygens (including phenoxy) is 1. The first-order valence-electron chi connectivity index (χ1n) is 4.42. The highest BCUT2D eigenvalue weighted by molar-refractivity contribution is 6.67. The van der Waals surface area contributed by atoms with Crippen LogP contribution >= 0.6 is 0 Å². The van der Waals surface area contributed by atoms with Crippen LogP contribution in [0.5, 0.6) is 0 Å². The van der Waals surface area contributed by atoms with Crippen molar-refractivity contribution in [1.29, 1.82) is 0 Å². The van der Waals surface area contributed by atoms with Gasteiger partial charge in [-0.15, -0.1) is 0 Å². The summed E-state index contributed by atoms with van der Waals surface area (Å²) >= 11 is 0. The molecule has 0 atom stereocenters. The Bertz CT molecular complexity index is 147. The lowest BCUT2D eigenvalue weighted by molar-refractivity contribution is 0.140. The molecule has 0 radical (unpaired) electrons. The molecule has 0 spiro atoms. The summed E-state index contributed by atoms with van der Waals surface area (Å²) in [5.41, 5.74) is 1.02. The van der Waals surface area contributed by atoms with Gasteiger partial charge in [0.25, 0.3) is 0 Å². The maximum Gasteiger partial charge on any atom is 0.364 e. The van der Waals surface area contributed by atoms with E-state index in [9.17, 15) is 0 Å². The van der Waals surface area contributed by atoms with Gasteiger partial charge in [-0.25, -0.2) is 0 Å². The normalized spacial score (nSPS) is 11.7. The van der Waals surface area contributed by atoms with E-state index in [4.69, 9.17) is 13.6 Å². The maximum atomic E-state index is 5.45. The second-order valence-corrected chi connectivity index (χ2v) is 6.76. The highest BCUT2D eigenvalue weighted by Crippen LogP contribution is 2.11. The summed E-state index contributed by atoms with van der Waals surface area (Å²) in [4.78, 5) is 0. The largest absolute Gasteiger partial charge is 0.396 e. The van der Waals surface area contributed by atoms with E-state index in [1.165, 1.54) is 0 Å². The summed E-state index contributed by atoms with van der Waals surface area (Å²) in [5, 5.41) is 0. The highest BCUT2D eigenvalue weighted by Gasteiger charge is 2.33. The van der Waals surface area contributed by atoms with Crippen LogP contribution < -0.4 is 0 Å². The molecule has 0 N–H and O–H groups in total. The molecule has 0 aromatic rings. The van der Waals surface area contributed by atoms with Crippen molar-refractivity contribution in [2.24, 2.45) is 0 Å². The second-order valence-electron chi connectivity index (χ2n) is 3.12. The molecule has 0 aromatic heterocycles. The van der Waals surface area contributed by atoms with Crippen LogP contribution in [0.25, 0.3) is 0 Å². The SMILES string of the molecule is C=C(C)COC[Si](CC)(OC)OC. The van der Waals surface area contributed by atoms with Gasteiger partial charge < -0.3 is 13.6 Å². The number of hydrogen-bond donors (Lipinski definition) is 0. The molecular formula is C9H20O3Si. The van der Waals surface area contributed by atoms with E-state index in [1.807, 2.05) is 6.92 Å². The fraction of sp³-hybridized carbons (Fsp3) is 0.778. The fourth-order valence-electron chi connectivity index (χ4n) is 0.973. The Hall–Kier alpha value is -0.163. The first kappa shape index (κ1) is 12.8. The average molecular weight is 204 g/mol. The van der Waals surface area contributed by atoms with E-state index in [0.717, 1.165) is 11.6 Å². The second kappa shape index (κ2) is 6.31. The van der Waals surface area contributed by atoms with Crippen molar-refractivity contribution in [3.63, 3.8) is 0 Å². The van der Waals surface area contributed by atoms with Gasteiger partial charge in [-0.1, -0.05) is 19.1 Å². The van der Waals surface area contributed by atoms with Gasteiger partial charge >= 0.3 is 8.56 Å². The molecule has 4 heteroatoms. The summed E-state index contributed by atoms with van der Waals surface area (Å²) in [7, 11) is 1.32. The molecule has 0 saturated heterocycles. The summed E-state index contributed by atoms with van der Waals surface area (Å²) in [6.45, 7) is 8.34. The van der Waals surface area contributed by atoms with Gasteiger partial charge in [0.05, 0.1) is 12.8 Å². The van der Waals surface area contributed by atoms with Crippen molar-refractivity contribution in [3.8, 4) is 0 Å². The topological polar surface area (TPSA) is 27.7 Å². The molecule has 0 aromatic carbocycles. The van der Waals surface area contributed by atoms with Gasteiger partial charge in [0.2, 0.25) is 0 Å². The van der Waals surface area contributed by atoms with Gasteiger partial charge in [0, 0.05) is 14.2 Å². The third-order valence-corrected chi connectivity index (χ3v) is 5.16.